The Morgan fingerprint density at radius 3 is 2.85 bits per heavy atom. The highest BCUT2D eigenvalue weighted by molar-refractivity contribution is 5.87. The standard InChI is InChI=1S/C10H20N2O/c1-8(2)10(7-13)12-6-9-3-4-11-5-9/h8-9,11,13H,3-7H2,1-2H3/t9-/m0/s1. The predicted octanol–water partition coefficient (Wildman–Crippen LogP) is 0.685. The van der Waals surface area contributed by atoms with E-state index in [1.807, 2.05) is 0 Å². The van der Waals surface area contributed by atoms with E-state index in [1.165, 1.54) is 6.42 Å². The Morgan fingerprint density at radius 1 is 1.62 bits per heavy atom. The molecule has 0 aromatic rings. The Balaban J connectivity index is 2.34. The van der Waals surface area contributed by atoms with Crippen molar-refractivity contribution in [3.8, 4) is 0 Å². The van der Waals surface area contributed by atoms with Crippen molar-refractivity contribution < 1.29 is 5.11 Å². The fourth-order valence-corrected chi connectivity index (χ4v) is 1.53. The molecule has 0 aromatic heterocycles. The lowest BCUT2D eigenvalue weighted by molar-refractivity contribution is 0.350. The second-order valence-corrected chi connectivity index (χ2v) is 4.00. The molecule has 0 radical (unpaired) electrons. The molecular formula is C10H20N2O. The summed E-state index contributed by atoms with van der Waals surface area (Å²) in [6.07, 6.45) is 1.22. The highest BCUT2D eigenvalue weighted by Gasteiger charge is 2.14. The molecular weight excluding hydrogens is 164 g/mol. The van der Waals surface area contributed by atoms with Gasteiger partial charge in [-0.25, -0.2) is 0 Å². The van der Waals surface area contributed by atoms with Gasteiger partial charge in [0, 0.05) is 12.3 Å². The van der Waals surface area contributed by atoms with E-state index in [1.54, 1.807) is 0 Å². The average molecular weight is 184 g/mol. The predicted molar refractivity (Wildman–Crippen MR) is 55.2 cm³/mol. The first kappa shape index (κ1) is 10.7. The van der Waals surface area contributed by atoms with E-state index in [0.29, 0.717) is 11.8 Å². The van der Waals surface area contributed by atoms with Crippen LogP contribution in [0.3, 0.4) is 0 Å². The van der Waals surface area contributed by atoms with Crippen molar-refractivity contribution in [3.63, 3.8) is 0 Å². The first-order valence-electron chi connectivity index (χ1n) is 5.08. The van der Waals surface area contributed by atoms with Gasteiger partial charge in [0.2, 0.25) is 0 Å². The summed E-state index contributed by atoms with van der Waals surface area (Å²) < 4.78 is 0. The topological polar surface area (TPSA) is 44.6 Å². The maximum Gasteiger partial charge on any atom is 0.0811 e. The molecule has 3 nitrogen and oxygen atoms in total. The third kappa shape index (κ3) is 3.44. The van der Waals surface area contributed by atoms with Crippen LogP contribution in [0.25, 0.3) is 0 Å². The summed E-state index contributed by atoms with van der Waals surface area (Å²) in [4.78, 5) is 4.45. The van der Waals surface area contributed by atoms with Crippen LogP contribution in [0, 0.1) is 11.8 Å². The molecule has 0 bridgehead atoms. The molecule has 3 heteroatoms. The summed E-state index contributed by atoms with van der Waals surface area (Å²) in [6, 6.07) is 0. The van der Waals surface area contributed by atoms with Gasteiger partial charge >= 0.3 is 0 Å². The molecule has 1 rings (SSSR count). The van der Waals surface area contributed by atoms with Gasteiger partial charge < -0.3 is 10.4 Å². The van der Waals surface area contributed by atoms with E-state index in [0.717, 1.165) is 25.3 Å². The van der Waals surface area contributed by atoms with Crippen molar-refractivity contribution in [1.82, 2.24) is 5.32 Å². The van der Waals surface area contributed by atoms with Crippen LogP contribution in [0.2, 0.25) is 0 Å². The Hall–Kier alpha value is -0.410. The van der Waals surface area contributed by atoms with Gasteiger partial charge in [0.25, 0.3) is 0 Å². The minimum atomic E-state index is 0.109. The van der Waals surface area contributed by atoms with Crippen LogP contribution in [0.1, 0.15) is 20.3 Å². The summed E-state index contributed by atoms with van der Waals surface area (Å²) >= 11 is 0. The van der Waals surface area contributed by atoms with E-state index < -0.39 is 0 Å². The molecule has 1 atom stereocenters. The smallest absolute Gasteiger partial charge is 0.0811 e. The molecule has 76 valence electrons. The highest BCUT2D eigenvalue weighted by Crippen LogP contribution is 2.08. The van der Waals surface area contributed by atoms with Crippen molar-refractivity contribution in [2.45, 2.75) is 20.3 Å². The van der Waals surface area contributed by atoms with Gasteiger partial charge in [-0.3, -0.25) is 4.99 Å². The Morgan fingerprint density at radius 2 is 2.38 bits per heavy atom. The summed E-state index contributed by atoms with van der Waals surface area (Å²) in [5.74, 6) is 1.06. The first-order chi connectivity index (χ1) is 6.24. The molecule has 0 aliphatic carbocycles. The average Bonchev–Trinajstić information content (AvgIpc) is 2.57. The zero-order valence-corrected chi connectivity index (χ0v) is 8.58. The van der Waals surface area contributed by atoms with Crippen molar-refractivity contribution >= 4 is 5.71 Å². The zero-order chi connectivity index (χ0) is 9.68. The number of nitrogens with one attached hydrogen (secondary N) is 1. The largest absolute Gasteiger partial charge is 0.390 e. The lowest BCUT2D eigenvalue weighted by atomic mass is 10.1. The fraction of sp³-hybridized carbons (Fsp3) is 0.900. The van der Waals surface area contributed by atoms with Crippen LogP contribution in [0.4, 0.5) is 0 Å². The SMILES string of the molecule is CC(C)C(CO)=NC[C@H]1CCNC1. The minimum absolute atomic E-state index is 0.109. The van der Waals surface area contributed by atoms with Gasteiger partial charge in [-0.1, -0.05) is 13.8 Å². The summed E-state index contributed by atoms with van der Waals surface area (Å²) in [5, 5.41) is 12.3. The van der Waals surface area contributed by atoms with Gasteiger partial charge in [0.15, 0.2) is 0 Å². The molecule has 2 N–H and O–H groups in total. The van der Waals surface area contributed by atoms with Crippen LogP contribution in [0.15, 0.2) is 4.99 Å². The second-order valence-electron chi connectivity index (χ2n) is 4.00. The van der Waals surface area contributed by atoms with Gasteiger partial charge in [-0.15, -0.1) is 0 Å². The van der Waals surface area contributed by atoms with Crippen molar-refractivity contribution in [2.24, 2.45) is 16.8 Å². The molecule has 0 aromatic carbocycles. The molecule has 1 aliphatic rings. The van der Waals surface area contributed by atoms with Crippen molar-refractivity contribution in [1.29, 1.82) is 0 Å². The number of hydrogen-bond acceptors (Lipinski definition) is 3. The van der Waals surface area contributed by atoms with E-state index in [9.17, 15) is 0 Å². The lowest BCUT2D eigenvalue weighted by Crippen LogP contribution is -2.16. The van der Waals surface area contributed by atoms with E-state index >= 15 is 0 Å². The van der Waals surface area contributed by atoms with Gasteiger partial charge in [-0.2, -0.15) is 0 Å². The van der Waals surface area contributed by atoms with E-state index in [2.05, 4.69) is 24.2 Å². The molecule has 0 unspecified atom stereocenters. The molecule has 0 amide bonds. The van der Waals surface area contributed by atoms with Crippen molar-refractivity contribution in [3.05, 3.63) is 0 Å². The molecule has 1 fully saturated rings. The van der Waals surface area contributed by atoms with Gasteiger partial charge in [0.05, 0.1) is 6.61 Å². The molecule has 1 aliphatic heterocycles. The number of aliphatic imine (C=N–C) groups is 1. The van der Waals surface area contributed by atoms with E-state index in [4.69, 9.17) is 5.11 Å². The van der Waals surface area contributed by atoms with Gasteiger partial charge in [0.1, 0.15) is 0 Å². The lowest BCUT2D eigenvalue weighted by Gasteiger charge is -2.09. The monoisotopic (exact) mass is 184 g/mol. The fourth-order valence-electron chi connectivity index (χ4n) is 1.53. The Bertz CT molecular complexity index is 172. The van der Waals surface area contributed by atoms with Crippen LogP contribution in [-0.4, -0.2) is 37.1 Å². The zero-order valence-electron chi connectivity index (χ0n) is 8.58. The third-order valence-corrected chi connectivity index (χ3v) is 2.54. The third-order valence-electron chi connectivity index (χ3n) is 2.54. The molecule has 1 heterocycles. The number of nitrogens with zero attached hydrogens (tertiary/aromatic N) is 1. The van der Waals surface area contributed by atoms with Crippen LogP contribution >= 0.6 is 0 Å². The Kier molecular flexibility index (Phi) is 4.39. The molecule has 13 heavy (non-hydrogen) atoms. The maximum absolute atomic E-state index is 9.02. The number of hydrogen-bond donors (Lipinski definition) is 2. The number of rotatable bonds is 4. The minimum Gasteiger partial charge on any atom is -0.390 e. The molecule has 0 saturated carbocycles. The summed E-state index contributed by atoms with van der Waals surface area (Å²) in [5.41, 5.74) is 0.937. The molecule has 0 spiro atoms. The number of aliphatic hydroxyl groups excluding tert-OH is 1. The number of aliphatic hydroxyl groups is 1. The van der Waals surface area contributed by atoms with Gasteiger partial charge in [-0.05, 0) is 31.3 Å². The first-order valence-corrected chi connectivity index (χ1v) is 5.08. The van der Waals surface area contributed by atoms with Crippen LogP contribution in [-0.2, 0) is 0 Å². The molecule has 1 saturated heterocycles. The van der Waals surface area contributed by atoms with Crippen LogP contribution < -0.4 is 5.32 Å². The normalized spacial score (nSPS) is 24.3. The highest BCUT2D eigenvalue weighted by atomic mass is 16.3. The van der Waals surface area contributed by atoms with Crippen LogP contribution in [0.5, 0.6) is 0 Å². The van der Waals surface area contributed by atoms with E-state index in [-0.39, 0.29) is 6.61 Å². The Labute approximate surface area is 80.3 Å². The van der Waals surface area contributed by atoms with Crippen molar-refractivity contribution in [2.75, 3.05) is 26.2 Å². The summed E-state index contributed by atoms with van der Waals surface area (Å²) in [7, 11) is 0. The quantitative estimate of drug-likeness (QED) is 0.631. The second kappa shape index (κ2) is 5.35. The summed E-state index contributed by atoms with van der Waals surface area (Å²) in [6.45, 7) is 7.33. The maximum atomic E-state index is 9.02.